The van der Waals surface area contributed by atoms with Crippen LogP contribution in [0.25, 0.3) is 0 Å². The largest absolute Gasteiger partial charge is 0.458 e. The number of carbonyl (C=O) groups is 1. The second-order valence-corrected chi connectivity index (χ2v) is 5.15. The van der Waals surface area contributed by atoms with Crippen molar-refractivity contribution in [2.75, 3.05) is 0 Å². The van der Waals surface area contributed by atoms with E-state index in [2.05, 4.69) is 32.6 Å². The van der Waals surface area contributed by atoms with E-state index in [0.29, 0.717) is 5.57 Å². The van der Waals surface area contributed by atoms with Crippen LogP contribution in [0.2, 0.25) is 0 Å². The van der Waals surface area contributed by atoms with Crippen molar-refractivity contribution in [1.82, 2.24) is 0 Å². The molecule has 2 rings (SSSR count). The maximum Gasteiger partial charge on any atom is 0.334 e. The standard InChI is InChI=1S/C15H20O2/c1-10-5-4-6-11(2)9-14-13(8-7-10)12(3)15(16)17-14/h6-7,13-14H,3-5,8-9H2,1-2H3/b10-7+,11-6?/t13-,14-/m1/s1. The number of hydrogen-bond donors (Lipinski definition) is 0. The molecule has 1 aliphatic carbocycles. The van der Waals surface area contributed by atoms with Gasteiger partial charge in [0.1, 0.15) is 6.10 Å². The number of fused-ring (bicyclic) bond motifs is 1. The molecule has 0 spiro atoms. The number of ether oxygens (including phenoxy) is 1. The highest BCUT2D eigenvalue weighted by molar-refractivity contribution is 5.90. The quantitative estimate of drug-likeness (QED) is 0.363. The average molecular weight is 232 g/mol. The van der Waals surface area contributed by atoms with E-state index in [1.165, 1.54) is 11.1 Å². The monoisotopic (exact) mass is 232 g/mol. The molecule has 1 heterocycles. The molecule has 1 fully saturated rings. The summed E-state index contributed by atoms with van der Waals surface area (Å²) >= 11 is 0. The molecule has 0 unspecified atom stereocenters. The van der Waals surface area contributed by atoms with Crippen molar-refractivity contribution in [2.24, 2.45) is 5.92 Å². The predicted molar refractivity (Wildman–Crippen MR) is 68.5 cm³/mol. The van der Waals surface area contributed by atoms with E-state index in [1.807, 2.05) is 0 Å². The van der Waals surface area contributed by atoms with Crippen LogP contribution in [0.15, 0.2) is 35.5 Å². The molecule has 0 aromatic carbocycles. The van der Waals surface area contributed by atoms with Gasteiger partial charge in [-0.2, -0.15) is 0 Å². The molecular weight excluding hydrogens is 212 g/mol. The molecule has 1 aliphatic heterocycles. The van der Waals surface area contributed by atoms with E-state index in [1.54, 1.807) is 0 Å². The number of rotatable bonds is 0. The summed E-state index contributed by atoms with van der Waals surface area (Å²) in [6, 6.07) is 0. The molecule has 92 valence electrons. The second-order valence-electron chi connectivity index (χ2n) is 5.15. The van der Waals surface area contributed by atoms with Gasteiger partial charge < -0.3 is 4.74 Å². The Bertz CT molecular complexity index is 401. The highest BCUT2D eigenvalue weighted by Crippen LogP contribution is 2.34. The van der Waals surface area contributed by atoms with E-state index in [9.17, 15) is 4.79 Å². The lowest BCUT2D eigenvalue weighted by Gasteiger charge is -2.18. The molecule has 17 heavy (non-hydrogen) atoms. The van der Waals surface area contributed by atoms with Crippen LogP contribution in [-0.4, -0.2) is 12.1 Å². The van der Waals surface area contributed by atoms with Crippen LogP contribution in [0.5, 0.6) is 0 Å². The lowest BCUT2D eigenvalue weighted by Crippen LogP contribution is -2.17. The van der Waals surface area contributed by atoms with Gasteiger partial charge in [0.15, 0.2) is 0 Å². The van der Waals surface area contributed by atoms with Crippen molar-refractivity contribution in [3.63, 3.8) is 0 Å². The smallest absolute Gasteiger partial charge is 0.334 e. The highest BCUT2D eigenvalue weighted by atomic mass is 16.6. The number of carbonyl (C=O) groups excluding carboxylic acids is 1. The number of hydrogen-bond acceptors (Lipinski definition) is 2. The van der Waals surface area contributed by atoms with Gasteiger partial charge in [0.2, 0.25) is 0 Å². The summed E-state index contributed by atoms with van der Waals surface area (Å²) in [5.74, 6) is -0.0444. The molecule has 2 aliphatic rings. The van der Waals surface area contributed by atoms with Crippen LogP contribution in [0.1, 0.15) is 39.5 Å². The molecule has 0 N–H and O–H groups in total. The summed E-state index contributed by atoms with van der Waals surface area (Å²) in [6.45, 7) is 8.14. The third-order valence-electron chi connectivity index (χ3n) is 3.69. The summed E-state index contributed by atoms with van der Waals surface area (Å²) in [4.78, 5) is 11.6. The Labute approximate surface area is 103 Å². The molecule has 0 saturated carbocycles. The first-order valence-corrected chi connectivity index (χ1v) is 6.29. The van der Waals surface area contributed by atoms with Gasteiger partial charge in [-0.15, -0.1) is 0 Å². The fourth-order valence-electron chi connectivity index (χ4n) is 2.53. The topological polar surface area (TPSA) is 26.3 Å². The van der Waals surface area contributed by atoms with Gasteiger partial charge in [-0.05, 0) is 33.1 Å². The van der Waals surface area contributed by atoms with Gasteiger partial charge in [-0.3, -0.25) is 0 Å². The number of esters is 1. The van der Waals surface area contributed by atoms with Gasteiger partial charge in [0, 0.05) is 17.9 Å². The minimum atomic E-state index is -0.210. The van der Waals surface area contributed by atoms with Gasteiger partial charge in [0.05, 0.1) is 0 Å². The summed E-state index contributed by atoms with van der Waals surface area (Å²) in [6.07, 6.45) is 8.41. The molecule has 0 amide bonds. The Balaban J connectivity index is 2.23. The predicted octanol–water partition coefficient (Wildman–Crippen LogP) is 3.55. The zero-order valence-electron chi connectivity index (χ0n) is 10.7. The molecule has 2 nitrogen and oxygen atoms in total. The molecule has 0 aromatic heterocycles. The molecule has 0 aromatic rings. The minimum absolute atomic E-state index is 0.00611. The summed E-state index contributed by atoms with van der Waals surface area (Å²) in [7, 11) is 0. The Hall–Kier alpha value is -1.31. The molecule has 0 radical (unpaired) electrons. The Morgan fingerprint density at radius 2 is 2.06 bits per heavy atom. The normalized spacial score (nSPS) is 33.3. The van der Waals surface area contributed by atoms with Crippen molar-refractivity contribution in [3.8, 4) is 0 Å². The van der Waals surface area contributed by atoms with E-state index in [0.717, 1.165) is 25.7 Å². The van der Waals surface area contributed by atoms with Gasteiger partial charge >= 0.3 is 5.97 Å². The van der Waals surface area contributed by atoms with Gasteiger partial charge in [-0.1, -0.05) is 29.9 Å². The van der Waals surface area contributed by atoms with Crippen LogP contribution in [0.4, 0.5) is 0 Å². The Morgan fingerprint density at radius 3 is 2.82 bits per heavy atom. The van der Waals surface area contributed by atoms with E-state index in [-0.39, 0.29) is 18.0 Å². The molecular formula is C15H20O2. The highest BCUT2D eigenvalue weighted by Gasteiger charge is 2.37. The average Bonchev–Trinajstić information content (AvgIpc) is 2.52. The minimum Gasteiger partial charge on any atom is -0.458 e. The molecule has 2 heteroatoms. The van der Waals surface area contributed by atoms with Crippen LogP contribution < -0.4 is 0 Å². The van der Waals surface area contributed by atoms with Crippen LogP contribution in [0.3, 0.4) is 0 Å². The van der Waals surface area contributed by atoms with Gasteiger partial charge in [0.25, 0.3) is 0 Å². The zero-order valence-corrected chi connectivity index (χ0v) is 10.7. The lowest BCUT2D eigenvalue weighted by atomic mass is 9.88. The Kier molecular flexibility index (Phi) is 3.51. The van der Waals surface area contributed by atoms with E-state index in [4.69, 9.17) is 4.74 Å². The fraction of sp³-hybridized carbons (Fsp3) is 0.533. The van der Waals surface area contributed by atoms with Crippen molar-refractivity contribution in [2.45, 2.75) is 45.6 Å². The summed E-state index contributed by atoms with van der Waals surface area (Å²) in [5, 5.41) is 0. The third-order valence-corrected chi connectivity index (χ3v) is 3.69. The molecule has 2 atom stereocenters. The van der Waals surface area contributed by atoms with Crippen LogP contribution in [0, 0.1) is 5.92 Å². The molecule has 1 saturated heterocycles. The van der Waals surface area contributed by atoms with Crippen LogP contribution >= 0.6 is 0 Å². The van der Waals surface area contributed by atoms with Crippen LogP contribution in [-0.2, 0) is 9.53 Å². The molecule has 0 bridgehead atoms. The first-order chi connectivity index (χ1) is 8.08. The summed E-state index contributed by atoms with van der Waals surface area (Å²) in [5.41, 5.74) is 3.35. The van der Waals surface area contributed by atoms with Crippen molar-refractivity contribution < 1.29 is 9.53 Å². The van der Waals surface area contributed by atoms with Crippen molar-refractivity contribution in [3.05, 3.63) is 35.5 Å². The zero-order chi connectivity index (χ0) is 12.4. The van der Waals surface area contributed by atoms with E-state index >= 15 is 0 Å². The lowest BCUT2D eigenvalue weighted by molar-refractivity contribution is -0.139. The van der Waals surface area contributed by atoms with E-state index < -0.39 is 0 Å². The Morgan fingerprint density at radius 1 is 1.29 bits per heavy atom. The number of allylic oxidation sites excluding steroid dienone is 3. The third kappa shape index (κ3) is 2.68. The first kappa shape index (κ1) is 12.2. The van der Waals surface area contributed by atoms with Gasteiger partial charge in [-0.25, -0.2) is 4.79 Å². The maximum atomic E-state index is 11.6. The second kappa shape index (κ2) is 4.91. The fourth-order valence-corrected chi connectivity index (χ4v) is 2.53. The maximum absolute atomic E-state index is 11.6. The van der Waals surface area contributed by atoms with Crippen molar-refractivity contribution in [1.29, 1.82) is 0 Å². The first-order valence-electron chi connectivity index (χ1n) is 6.29. The summed E-state index contributed by atoms with van der Waals surface area (Å²) < 4.78 is 5.41. The SMILES string of the molecule is C=C1C(=O)O[C@@H]2CC(C)=CCC/C(C)=C/C[C@H]12. The van der Waals surface area contributed by atoms with Crippen molar-refractivity contribution >= 4 is 5.97 Å².